The van der Waals surface area contributed by atoms with Gasteiger partial charge in [-0.1, -0.05) is 45.0 Å². The molecule has 1 heteroatoms. The molecule has 0 unspecified atom stereocenters. The van der Waals surface area contributed by atoms with Crippen molar-refractivity contribution in [2.75, 3.05) is 6.61 Å². The third-order valence-electron chi connectivity index (χ3n) is 2.29. The lowest BCUT2D eigenvalue weighted by Crippen LogP contribution is -2.10. The fourth-order valence-electron chi connectivity index (χ4n) is 1.32. The molecule has 0 N–H and O–H groups in total. The Labute approximate surface area is 87.1 Å². The molecule has 1 nitrogen and oxygen atoms in total. The van der Waals surface area contributed by atoms with Crippen LogP contribution in [0.5, 0.6) is 0 Å². The second kappa shape index (κ2) is 4.61. The molecule has 0 saturated carbocycles. The van der Waals surface area contributed by atoms with Crippen LogP contribution in [0.25, 0.3) is 0 Å². The Bertz CT molecular complexity index is 266. The van der Waals surface area contributed by atoms with Gasteiger partial charge in [-0.2, -0.15) is 0 Å². The van der Waals surface area contributed by atoms with Gasteiger partial charge >= 0.3 is 0 Å². The summed E-state index contributed by atoms with van der Waals surface area (Å²) in [7, 11) is 0. The fraction of sp³-hybridized carbons (Fsp3) is 0.538. The minimum absolute atomic E-state index is 0.240. The quantitative estimate of drug-likeness (QED) is 0.712. The van der Waals surface area contributed by atoms with E-state index in [-0.39, 0.29) is 5.41 Å². The van der Waals surface area contributed by atoms with Crippen molar-refractivity contribution in [3.8, 4) is 0 Å². The minimum Gasteiger partial charge on any atom is -0.377 e. The van der Waals surface area contributed by atoms with E-state index in [1.54, 1.807) is 0 Å². The highest BCUT2D eigenvalue weighted by Crippen LogP contribution is 2.22. The summed E-state index contributed by atoms with van der Waals surface area (Å²) >= 11 is 0. The average Bonchev–Trinajstić information content (AvgIpc) is 2.14. The van der Waals surface area contributed by atoms with Crippen LogP contribution in [-0.4, -0.2) is 6.61 Å². The number of ether oxygens (including phenoxy) is 1. The minimum atomic E-state index is 0.240. The van der Waals surface area contributed by atoms with E-state index in [4.69, 9.17) is 4.74 Å². The maximum atomic E-state index is 5.35. The fourth-order valence-corrected chi connectivity index (χ4v) is 1.32. The molecule has 0 bridgehead atoms. The molecule has 0 heterocycles. The highest BCUT2D eigenvalue weighted by Gasteiger charge is 2.12. The summed E-state index contributed by atoms with van der Waals surface area (Å²) in [6.45, 7) is 10.2. The first-order valence-corrected chi connectivity index (χ1v) is 5.21. The number of benzene rings is 1. The molecule has 1 aromatic carbocycles. The van der Waals surface area contributed by atoms with Crippen molar-refractivity contribution in [3.05, 3.63) is 35.4 Å². The van der Waals surface area contributed by atoms with E-state index in [2.05, 4.69) is 45.0 Å². The standard InChI is InChI=1S/C13H20O/c1-5-14-10-11-6-8-12(9-7-11)13(2,3)4/h6-9H,5,10H2,1-4H3. The van der Waals surface area contributed by atoms with Crippen LogP contribution in [0.2, 0.25) is 0 Å². The smallest absolute Gasteiger partial charge is 0.0716 e. The Morgan fingerprint density at radius 3 is 2.07 bits per heavy atom. The van der Waals surface area contributed by atoms with Gasteiger partial charge in [-0.3, -0.25) is 0 Å². The highest BCUT2D eigenvalue weighted by atomic mass is 16.5. The predicted molar refractivity (Wildman–Crippen MR) is 60.5 cm³/mol. The van der Waals surface area contributed by atoms with Crippen LogP contribution in [0.15, 0.2) is 24.3 Å². The van der Waals surface area contributed by atoms with Crippen molar-refractivity contribution in [3.63, 3.8) is 0 Å². The summed E-state index contributed by atoms with van der Waals surface area (Å²) in [5.74, 6) is 0. The Hall–Kier alpha value is -0.820. The van der Waals surface area contributed by atoms with Crippen molar-refractivity contribution >= 4 is 0 Å². The second-order valence-electron chi connectivity index (χ2n) is 4.58. The van der Waals surface area contributed by atoms with Crippen molar-refractivity contribution < 1.29 is 4.74 Å². The lowest BCUT2D eigenvalue weighted by molar-refractivity contribution is 0.134. The van der Waals surface area contributed by atoms with Gasteiger partial charge in [-0.25, -0.2) is 0 Å². The molecule has 0 atom stereocenters. The Balaban J connectivity index is 2.69. The van der Waals surface area contributed by atoms with Crippen LogP contribution in [0, 0.1) is 0 Å². The van der Waals surface area contributed by atoms with Gasteiger partial charge in [-0.15, -0.1) is 0 Å². The SMILES string of the molecule is CCOCc1ccc(C(C)(C)C)cc1. The van der Waals surface area contributed by atoms with Gasteiger partial charge in [0.15, 0.2) is 0 Å². The highest BCUT2D eigenvalue weighted by molar-refractivity contribution is 5.27. The maximum absolute atomic E-state index is 5.35. The van der Waals surface area contributed by atoms with Gasteiger partial charge in [0.05, 0.1) is 6.61 Å². The Morgan fingerprint density at radius 1 is 1.07 bits per heavy atom. The van der Waals surface area contributed by atoms with Crippen LogP contribution in [0.1, 0.15) is 38.8 Å². The van der Waals surface area contributed by atoms with Crippen molar-refractivity contribution in [2.45, 2.75) is 39.7 Å². The summed E-state index contributed by atoms with van der Waals surface area (Å²) in [6, 6.07) is 8.68. The average molecular weight is 192 g/mol. The van der Waals surface area contributed by atoms with Gasteiger partial charge in [-0.05, 0) is 23.5 Å². The molecule has 14 heavy (non-hydrogen) atoms. The number of hydrogen-bond acceptors (Lipinski definition) is 1. The van der Waals surface area contributed by atoms with Crippen molar-refractivity contribution in [1.29, 1.82) is 0 Å². The largest absolute Gasteiger partial charge is 0.377 e. The van der Waals surface area contributed by atoms with E-state index < -0.39 is 0 Å². The molecule has 0 amide bonds. The normalized spacial score (nSPS) is 11.7. The molecule has 0 aliphatic rings. The molecular weight excluding hydrogens is 172 g/mol. The Kier molecular flexibility index (Phi) is 3.70. The molecular formula is C13H20O. The number of hydrogen-bond donors (Lipinski definition) is 0. The van der Waals surface area contributed by atoms with Crippen molar-refractivity contribution in [1.82, 2.24) is 0 Å². The van der Waals surface area contributed by atoms with Crippen LogP contribution in [0.3, 0.4) is 0 Å². The lowest BCUT2D eigenvalue weighted by atomic mass is 9.87. The zero-order valence-corrected chi connectivity index (χ0v) is 9.63. The summed E-state index contributed by atoms with van der Waals surface area (Å²) in [6.07, 6.45) is 0. The molecule has 0 radical (unpaired) electrons. The van der Waals surface area contributed by atoms with E-state index >= 15 is 0 Å². The van der Waals surface area contributed by atoms with Crippen LogP contribution < -0.4 is 0 Å². The van der Waals surface area contributed by atoms with E-state index in [1.807, 2.05) is 6.92 Å². The maximum Gasteiger partial charge on any atom is 0.0716 e. The summed E-state index contributed by atoms with van der Waals surface area (Å²) < 4.78 is 5.35. The van der Waals surface area contributed by atoms with Crippen LogP contribution in [-0.2, 0) is 16.8 Å². The van der Waals surface area contributed by atoms with Gasteiger partial charge in [0, 0.05) is 6.61 Å². The van der Waals surface area contributed by atoms with Crippen LogP contribution in [0.4, 0.5) is 0 Å². The van der Waals surface area contributed by atoms with E-state index in [0.29, 0.717) is 0 Å². The van der Waals surface area contributed by atoms with E-state index in [9.17, 15) is 0 Å². The first-order valence-electron chi connectivity index (χ1n) is 5.21. The van der Waals surface area contributed by atoms with Gasteiger partial charge in [0.25, 0.3) is 0 Å². The third-order valence-corrected chi connectivity index (χ3v) is 2.29. The zero-order chi connectivity index (χ0) is 10.6. The molecule has 1 rings (SSSR count). The topological polar surface area (TPSA) is 9.23 Å². The first-order chi connectivity index (χ1) is 6.54. The molecule has 0 spiro atoms. The van der Waals surface area contributed by atoms with Gasteiger partial charge in [0.1, 0.15) is 0 Å². The van der Waals surface area contributed by atoms with Gasteiger partial charge < -0.3 is 4.74 Å². The third kappa shape index (κ3) is 3.15. The zero-order valence-electron chi connectivity index (χ0n) is 9.63. The van der Waals surface area contributed by atoms with E-state index in [1.165, 1.54) is 11.1 Å². The molecule has 0 aromatic heterocycles. The summed E-state index contributed by atoms with van der Waals surface area (Å²) in [4.78, 5) is 0. The summed E-state index contributed by atoms with van der Waals surface area (Å²) in [5.41, 5.74) is 2.86. The molecule has 0 aliphatic heterocycles. The molecule has 78 valence electrons. The molecule has 0 fully saturated rings. The first kappa shape index (κ1) is 11.3. The molecule has 1 aromatic rings. The summed E-state index contributed by atoms with van der Waals surface area (Å²) in [5, 5.41) is 0. The lowest BCUT2D eigenvalue weighted by Gasteiger charge is -2.19. The second-order valence-corrected chi connectivity index (χ2v) is 4.58. The van der Waals surface area contributed by atoms with Crippen molar-refractivity contribution in [2.24, 2.45) is 0 Å². The van der Waals surface area contributed by atoms with Crippen LogP contribution >= 0.6 is 0 Å². The Morgan fingerprint density at radius 2 is 1.64 bits per heavy atom. The molecule has 0 saturated heterocycles. The predicted octanol–water partition coefficient (Wildman–Crippen LogP) is 3.52. The monoisotopic (exact) mass is 192 g/mol. The van der Waals surface area contributed by atoms with E-state index in [0.717, 1.165) is 13.2 Å². The number of rotatable bonds is 3. The molecule has 0 aliphatic carbocycles. The van der Waals surface area contributed by atoms with Gasteiger partial charge in [0.2, 0.25) is 0 Å².